The molecule has 1 spiro atoms. The predicted molar refractivity (Wildman–Crippen MR) is 132 cm³/mol. The second-order valence-corrected chi connectivity index (χ2v) is 13.6. The van der Waals surface area contributed by atoms with Crippen LogP contribution in [0.15, 0.2) is 23.5 Å². The number of ketones is 1. The number of Topliss-reactive ketones (excluding diaryl/α,β-unsaturated/α-hetero) is 1. The molecule has 11 nitrogen and oxygen atoms in total. The van der Waals surface area contributed by atoms with Crippen molar-refractivity contribution in [1.29, 1.82) is 0 Å². The molecule has 216 valence electrons. The van der Waals surface area contributed by atoms with Gasteiger partial charge in [0.1, 0.15) is 17.6 Å². The van der Waals surface area contributed by atoms with Gasteiger partial charge in [-0.25, -0.2) is 9.59 Å². The Morgan fingerprint density at radius 1 is 1.10 bits per heavy atom. The Hall–Kier alpha value is -2.60. The summed E-state index contributed by atoms with van der Waals surface area (Å²) in [5.41, 5.74) is -7.07. The molecule has 6 aliphatic heterocycles. The highest BCUT2D eigenvalue weighted by molar-refractivity contribution is 5.93. The van der Waals surface area contributed by atoms with Gasteiger partial charge < -0.3 is 33.9 Å². The molecule has 0 amide bonds. The minimum absolute atomic E-state index is 0.00257. The first kappa shape index (κ1) is 26.3. The van der Waals surface area contributed by atoms with Crippen molar-refractivity contribution < 1.29 is 53.1 Å². The van der Waals surface area contributed by atoms with Crippen LogP contribution in [0.3, 0.4) is 0 Å². The molecule has 1 aliphatic carbocycles. The Kier molecular flexibility index (Phi) is 4.88. The monoisotopic (exact) mass is 558 g/mol. The zero-order valence-electron chi connectivity index (χ0n) is 23.1. The van der Waals surface area contributed by atoms with Crippen LogP contribution in [0, 0.1) is 23.2 Å². The minimum atomic E-state index is -2.29. The van der Waals surface area contributed by atoms with Crippen molar-refractivity contribution in [2.24, 2.45) is 23.2 Å². The van der Waals surface area contributed by atoms with Gasteiger partial charge in [-0.05, 0) is 58.6 Å². The lowest BCUT2D eigenvalue weighted by Gasteiger charge is -2.52. The van der Waals surface area contributed by atoms with Gasteiger partial charge in [-0.3, -0.25) is 9.59 Å². The molecule has 10 atom stereocenters. The summed E-state index contributed by atoms with van der Waals surface area (Å²) in [7, 11) is 0. The van der Waals surface area contributed by atoms with E-state index >= 15 is 0 Å². The molecule has 11 heteroatoms. The Morgan fingerprint density at radius 3 is 2.50 bits per heavy atom. The lowest BCUT2D eigenvalue weighted by atomic mass is 9.65. The summed E-state index contributed by atoms with van der Waals surface area (Å²) < 4.78 is 29.7. The molecule has 40 heavy (non-hydrogen) atoms. The van der Waals surface area contributed by atoms with Crippen LogP contribution in [-0.4, -0.2) is 74.3 Å². The summed E-state index contributed by atoms with van der Waals surface area (Å²) in [4.78, 5) is 51.9. The summed E-state index contributed by atoms with van der Waals surface area (Å²) in [6.45, 7) is 8.74. The molecule has 5 saturated heterocycles. The number of aliphatic hydroxyl groups is 2. The van der Waals surface area contributed by atoms with Crippen LogP contribution in [0.1, 0.15) is 66.7 Å². The normalized spacial score (nSPS) is 51.3. The number of fused-ring (bicyclic) bond motifs is 2. The van der Waals surface area contributed by atoms with E-state index in [0.717, 1.165) is 0 Å². The molecule has 0 unspecified atom stereocenters. The van der Waals surface area contributed by atoms with E-state index in [4.69, 9.17) is 23.7 Å². The molecule has 7 aliphatic rings. The average molecular weight is 559 g/mol. The van der Waals surface area contributed by atoms with Crippen LogP contribution in [0.5, 0.6) is 0 Å². The largest absolute Gasteiger partial charge is 0.450 e. The van der Waals surface area contributed by atoms with E-state index in [1.165, 1.54) is 0 Å². The van der Waals surface area contributed by atoms with Gasteiger partial charge >= 0.3 is 17.9 Å². The number of carbonyl (C=O) groups is 4. The minimum Gasteiger partial charge on any atom is -0.450 e. The third-order valence-electron chi connectivity index (χ3n) is 10.8. The van der Waals surface area contributed by atoms with Crippen molar-refractivity contribution in [3.8, 4) is 0 Å². The second kappa shape index (κ2) is 7.42. The van der Waals surface area contributed by atoms with Crippen molar-refractivity contribution in [1.82, 2.24) is 0 Å². The quantitative estimate of drug-likeness (QED) is 0.381. The fourth-order valence-corrected chi connectivity index (χ4v) is 9.27. The van der Waals surface area contributed by atoms with E-state index in [9.17, 15) is 29.4 Å². The molecule has 1 saturated carbocycles. The average Bonchev–Trinajstić information content (AvgIpc) is 3.51. The van der Waals surface area contributed by atoms with Gasteiger partial charge in [0.15, 0.2) is 11.2 Å². The van der Waals surface area contributed by atoms with E-state index in [1.807, 2.05) is 13.8 Å². The van der Waals surface area contributed by atoms with Crippen molar-refractivity contribution in [2.75, 3.05) is 0 Å². The van der Waals surface area contributed by atoms with Crippen LogP contribution in [0.2, 0.25) is 0 Å². The Labute approximate surface area is 230 Å². The molecule has 7 rings (SSSR count). The molecule has 0 aromatic rings. The number of rotatable bonds is 3. The molecule has 4 bridgehead atoms. The van der Waals surface area contributed by atoms with Gasteiger partial charge in [0.05, 0.1) is 24.0 Å². The lowest BCUT2D eigenvalue weighted by Crippen LogP contribution is -2.73. The number of cyclic esters (lactones) is 1. The van der Waals surface area contributed by atoms with Gasteiger partial charge in [-0.2, -0.15) is 0 Å². The third kappa shape index (κ3) is 2.80. The van der Waals surface area contributed by atoms with Crippen LogP contribution in [0.25, 0.3) is 0 Å². The fraction of sp³-hybridized carbons (Fsp3) is 0.724. The Bertz CT molecular complexity index is 1350. The summed E-state index contributed by atoms with van der Waals surface area (Å²) in [6.07, 6.45) is 1.57. The molecule has 6 heterocycles. The van der Waals surface area contributed by atoms with E-state index in [-0.39, 0.29) is 43.6 Å². The highest BCUT2D eigenvalue weighted by Gasteiger charge is 2.92. The summed E-state index contributed by atoms with van der Waals surface area (Å²) in [5.74, 6) is -6.37. The van der Waals surface area contributed by atoms with Crippen molar-refractivity contribution >= 4 is 23.7 Å². The van der Waals surface area contributed by atoms with Crippen molar-refractivity contribution in [3.63, 3.8) is 0 Å². The van der Waals surface area contributed by atoms with E-state index < -0.39 is 81.5 Å². The topological polar surface area (TPSA) is 155 Å². The number of hydrogen-bond donors (Lipinski definition) is 2. The molecular formula is C29H34O11. The Balaban J connectivity index is 1.30. The number of esters is 3. The zero-order valence-corrected chi connectivity index (χ0v) is 23.1. The maximum Gasteiger partial charge on any atom is 0.339 e. The van der Waals surface area contributed by atoms with Crippen LogP contribution in [-0.2, 0) is 42.9 Å². The Morgan fingerprint density at radius 2 is 1.82 bits per heavy atom. The van der Waals surface area contributed by atoms with Gasteiger partial charge in [0.25, 0.3) is 5.79 Å². The fourth-order valence-electron chi connectivity index (χ4n) is 9.27. The van der Waals surface area contributed by atoms with Crippen LogP contribution >= 0.6 is 0 Å². The first-order valence-electron chi connectivity index (χ1n) is 14.0. The standard InChI is InChI=1S/C29H34O11/c1-13(8-15-9-14(2)22(32)36-15)21(31)25(5)6-7-27-20(26(34,12-25)23(33)40-27)16-10-17-24(3,4)38-18-11-19(30)39-28(17,18)29(27,35)37-16/h8-9,13,16-18,20,34-35H,6-7,10-12H2,1-5H3/b15-8-/t13-,16-,17-,18+,20-,25-,26+,27+,28+,29-/m0/s1. The molecule has 0 radical (unpaired) electrons. The van der Waals surface area contributed by atoms with Crippen molar-refractivity contribution in [2.45, 2.75) is 107 Å². The smallest absolute Gasteiger partial charge is 0.339 e. The number of allylic oxidation sites excluding steroid dienone is 2. The number of hydrogen-bond acceptors (Lipinski definition) is 11. The molecule has 6 fully saturated rings. The van der Waals surface area contributed by atoms with Gasteiger partial charge in [-0.1, -0.05) is 13.8 Å². The summed E-state index contributed by atoms with van der Waals surface area (Å²) >= 11 is 0. The van der Waals surface area contributed by atoms with E-state index in [0.29, 0.717) is 5.57 Å². The highest BCUT2D eigenvalue weighted by Crippen LogP contribution is 2.73. The molecule has 2 N–H and O–H groups in total. The zero-order chi connectivity index (χ0) is 28.8. The van der Waals surface area contributed by atoms with E-state index in [1.54, 1.807) is 32.9 Å². The number of carbonyl (C=O) groups excluding carboxylic acids is 4. The van der Waals surface area contributed by atoms with Crippen LogP contribution < -0.4 is 0 Å². The van der Waals surface area contributed by atoms with Gasteiger partial charge in [-0.15, -0.1) is 0 Å². The number of ether oxygens (including phenoxy) is 5. The third-order valence-corrected chi connectivity index (χ3v) is 10.8. The van der Waals surface area contributed by atoms with E-state index in [2.05, 4.69) is 0 Å². The first-order valence-corrected chi connectivity index (χ1v) is 14.0. The first-order chi connectivity index (χ1) is 18.5. The van der Waals surface area contributed by atoms with Gasteiger partial charge in [0.2, 0.25) is 5.60 Å². The maximum absolute atomic E-state index is 13.9. The highest BCUT2D eigenvalue weighted by atomic mass is 16.7. The lowest BCUT2D eigenvalue weighted by molar-refractivity contribution is -0.368. The van der Waals surface area contributed by atoms with Gasteiger partial charge in [0, 0.05) is 22.8 Å². The molecular weight excluding hydrogens is 524 g/mol. The molecule has 0 aromatic heterocycles. The molecule has 0 aromatic carbocycles. The van der Waals surface area contributed by atoms with Crippen molar-refractivity contribution in [3.05, 3.63) is 23.5 Å². The predicted octanol–water partition coefficient (Wildman–Crippen LogP) is 1.38. The second-order valence-electron chi connectivity index (χ2n) is 13.6. The SMILES string of the molecule is CC1=C/C(=C/[C@H](C)C(=O)[C@@]2(C)CC[C@@]34OC(=O)[C@@](O)(C2)[C@@H]3[C@@H]2C[C@H]3C(C)(C)O[C@@H]5CC(=O)O[C@@]53[C@@]4(O)O2)OC1=O. The summed E-state index contributed by atoms with van der Waals surface area (Å²) in [6, 6.07) is 0. The van der Waals surface area contributed by atoms with Crippen LogP contribution in [0.4, 0.5) is 0 Å². The summed E-state index contributed by atoms with van der Waals surface area (Å²) in [5, 5.41) is 24.7. The maximum atomic E-state index is 13.9.